The van der Waals surface area contributed by atoms with Crippen molar-refractivity contribution in [2.24, 2.45) is 0 Å². The van der Waals surface area contributed by atoms with Crippen LogP contribution in [-0.4, -0.2) is 5.91 Å². The maximum Gasteiger partial charge on any atom is 0.255 e. The number of hydrogen-bond donors (Lipinski definition) is 2. The Morgan fingerprint density at radius 3 is 2.16 bits per heavy atom. The minimum atomic E-state index is -0.569. The van der Waals surface area contributed by atoms with Gasteiger partial charge < -0.3 is 11.1 Å². The molecule has 0 unspecified atom stereocenters. The lowest BCUT2D eigenvalue weighted by molar-refractivity contribution is 0.102. The summed E-state index contributed by atoms with van der Waals surface area (Å²) in [6, 6.07) is 8.48. The van der Waals surface area contributed by atoms with Crippen LogP contribution in [0, 0.1) is 5.82 Å². The summed E-state index contributed by atoms with van der Waals surface area (Å²) >= 11 is 11.7. The highest BCUT2D eigenvalue weighted by Crippen LogP contribution is 2.31. The molecule has 0 heterocycles. The van der Waals surface area contributed by atoms with Crippen LogP contribution in [0.25, 0.3) is 0 Å². The first-order valence-corrected chi connectivity index (χ1v) is 6.04. The molecule has 0 bridgehead atoms. The summed E-state index contributed by atoms with van der Waals surface area (Å²) in [7, 11) is 0. The predicted octanol–water partition coefficient (Wildman–Crippen LogP) is 3.97. The van der Waals surface area contributed by atoms with Crippen molar-refractivity contribution in [2.45, 2.75) is 0 Å². The molecule has 0 spiro atoms. The molecule has 0 radical (unpaired) electrons. The summed E-state index contributed by atoms with van der Waals surface area (Å²) < 4.78 is 13.0. The molecule has 0 aliphatic rings. The summed E-state index contributed by atoms with van der Waals surface area (Å²) in [5.74, 6) is -0.976. The van der Waals surface area contributed by atoms with Gasteiger partial charge in [0.2, 0.25) is 0 Å². The molecule has 0 atom stereocenters. The Balaban J connectivity index is 2.26. The second kappa shape index (κ2) is 5.47. The van der Waals surface area contributed by atoms with Crippen LogP contribution in [-0.2, 0) is 0 Å². The lowest BCUT2D eigenvalue weighted by atomic mass is 10.2. The number of amides is 1. The van der Waals surface area contributed by atoms with Crippen molar-refractivity contribution in [3.05, 3.63) is 57.8 Å². The largest absolute Gasteiger partial charge is 0.399 e. The quantitative estimate of drug-likeness (QED) is 0.824. The smallest absolute Gasteiger partial charge is 0.255 e. The van der Waals surface area contributed by atoms with E-state index in [-0.39, 0.29) is 15.7 Å². The number of anilines is 2. The van der Waals surface area contributed by atoms with Gasteiger partial charge in [-0.1, -0.05) is 23.2 Å². The highest BCUT2D eigenvalue weighted by molar-refractivity contribution is 6.40. The molecule has 0 saturated carbocycles. The van der Waals surface area contributed by atoms with Gasteiger partial charge in [0.15, 0.2) is 0 Å². The molecule has 3 N–H and O–H groups in total. The van der Waals surface area contributed by atoms with Gasteiger partial charge in [-0.3, -0.25) is 4.79 Å². The normalized spacial score (nSPS) is 10.3. The van der Waals surface area contributed by atoms with Crippen LogP contribution in [0.15, 0.2) is 36.4 Å². The summed E-state index contributed by atoms with van der Waals surface area (Å²) in [5.41, 5.74) is 6.65. The lowest BCUT2D eigenvalue weighted by Gasteiger charge is -2.09. The molecule has 6 heteroatoms. The average Bonchev–Trinajstić information content (AvgIpc) is 2.34. The number of nitrogens with one attached hydrogen (secondary N) is 1. The zero-order valence-corrected chi connectivity index (χ0v) is 11.1. The Morgan fingerprint density at radius 2 is 1.63 bits per heavy atom. The van der Waals surface area contributed by atoms with Crippen molar-refractivity contribution in [1.29, 1.82) is 0 Å². The van der Waals surface area contributed by atoms with Crippen LogP contribution < -0.4 is 11.1 Å². The van der Waals surface area contributed by atoms with E-state index in [4.69, 9.17) is 28.9 Å². The van der Waals surface area contributed by atoms with Crippen LogP contribution >= 0.6 is 23.2 Å². The van der Waals surface area contributed by atoms with Gasteiger partial charge in [-0.15, -0.1) is 0 Å². The topological polar surface area (TPSA) is 55.1 Å². The monoisotopic (exact) mass is 298 g/mol. The Morgan fingerprint density at radius 1 is 1.11 bits per heavy atom. The molecular formula is C13H9Cl2FN2O. The highest BCUT2D eigenvalue weighted by atomic mass is 35.5. The Labute approximate surface area is 119 Å². The summed E-state index contributed by atoms with van der Waals surface area (Å²) in [6.45, 7) is 0. The number of benzene rings is 2. The lowest BCUT2D eigenvalue weighted by Crippen LogP contribution is -2.12. The highest BCUT2D eigenvalue weighted by Gasteiger charge is 2.13. The van der Waals surface area contributed by atoms with E-state index in [9.17, 15) is 9.18 Å². The van der Waals surface area contributed by atoms with E-state index in [0.717, 1.165) is 12.1 Å². The summed E-state index contributed by atoms with van der Waals surface area (Å²) in [4.78, 5) is 12.0. The molecule has 2 rings (SSSR count). The Bertz CT molecular complexity index is 606. The van der Waals surface area contributed by atoms with E-state index in [1.165, 1.54) is 0 Å². The third-order valence-corrected chi connectivity index (χ3v) is 3.01. The third-order valence-electron chi connectivity index (χ3n) is 2.42. The first-order valence-electron chi connectivity index (χ1n) is 5.29. The van der Waals surface area contributed by atoms with E-state index < -0.39 is 11.7 Å². The van der Waals surface area contributed by atoms with Gasteiger partial charge in [-0.25, -0.2) is 4.39 Å². The number of carbonyl (C=O) groups is 1. The fraction of sp³-hybridized carbons (Fsp3) is 0. The number of halogens is 3. The summed E-state index contributed by atoms with van der Waals surface area (Å²) in [5, 5.41) is 2.60. The van der Waals surface area contributed by atoms with Gasteiger partial charge in [0.05, 0.1) is 15.7 Å². The molecule has 0 saturated heterocycles. The van der Waals surface area contributed by atoms with Crippen LogP contribution in [0.1, 0.15) is 10.4 Å². The van der Waals surface area contributed by atoms with Gasteiger partial charge in [0.25, 0.3) is 5.91 Å². The van der Waals surface area contributed by atoms with E-state index in [1.807, 2.05) is 0 Å². The molecule has 2 aromatic rings. The molecular weight excluding hydrogens is 290 g/mol. The van der Waals surface area contributed by atoms with Gasteiger partial charge >= 0.3 is 0 Å². The Hall–Kier alpha value is -1.78. The standard InChI is InChI=1S/C13H9Cl2FN2O/c14-10-5-8(16)6-11(15)12(10)18-13(19)7-1-3-9(17)4-2-7/h1-6H,17H2,(H,18,19). The number of nitrogens with two attached hydrogens (primary N) is 1. The van der Waals surface area contributed by atoms with E-state index in [0.29, 0.717) is 11.3 Å². The van der Waals surface area contributed by atoms with Crippen LogP contribution in [0.5, 0.6) is 0 Å². The van der Waals surface area contributed by atoms with Crippen LogP contribution in [0.3, 0.4) is 0 Å². The van der Waals surface area contributed by atoms with Gasteiger partial charge in [-0.05, 0) is 36.4 Å². The molecule has 3 nitrogen and oxygen atoms in total. The molecule has 1 amide bonds. The second-order valence-electron chi connectivity index (χ2n) is 3.82. The minimum Gasteiger partial charge on any atom is -0.399 e. The fourth-order valence-electron chi connectivity index (χ4n) is 1.48. The average molecular weight is 299 g/mol. The molecule has 0 aromatic heterocycles. The van der Waals surface area contributed by atoms with E-state index in [1.54, 1.807) is 24.3 Å². The molecule has 0 aliphatic carbocycles. The SMILES string of the molecule is Nc1ccc(C(=O)Nc2c(Cl)cc(F)cc2Cl)cc1. The van der Waals surface area contributed by atoms with Crippen molar-refractivity contribution in [3.8, 4) is 0 Å². The first-order chi connectivity index (χ1) is 8.97. The van der Waals surface area contributed by atoms with Crippen molar-refractivity contribution in [3.63, 3.8) is 0 Å². The fourth-order valence-corrected chi connectivity index (χ4v) is 2.04. The van der Waals surface area contributed by atoms with E-state index >= 15 is 0 Å². The van der Waals surface area contributed by atoms with Crippen molar-refractivity contribution in [2.75, 3.05) is 11.1 Å². The summed E-state index contributed by atoms with van der Waals surface area (Å²) in [6.07, 6.45) is 0. The number of rotatable bonds is 2. The number of carbonyl (C=O) groups excluding carboxylic acids is 1. The molecule has 19 heavy (non-hydrogen) atoms. The molecule has 98 valence electrons. The molecule has 0 aliphatic heterocycles. The van der Waals surface area contributed by atoms with Crippen molar-refractivity contribution < 1.29 is 9.18 Å². The molecule has 2 aromatic carbocycles. The predicted molar refractivity (Wildman–Crippen MR) is 75.2 cm³/mol. The number of hydrogen-bond acceptors (Lipinski definition) is 2. The maximum absolute atomic E-state index is 13.0. The minimum absolute atomic E-state index is 0.0359. The second-order valence-corrected chi connectivity index (χ2v) is 4.63. The third kappa shape index (κ3) is 3.16. The van der Waals surface area contributed by atoms with Crippen LogP contribution in [0.4, 0.5) is 15.8 Å². The van der Waals surface area contributed by atoms with Crippen molar-refractivity contribution >= 4 is 40.5 Å². The van der Waals surface area contributed by atoms with Gasteiger partial charge in [0.1, 0.15) is 5.82 Å². The van der Waals surface area contributed by atoms with Gasteiger partial charge in [0, 0.05) is 11.3 Å². The van der Waals surface area contributed by atoms with Crippen LogP contribution in [0.2, 0.25) is 10.0 Å². The first kappa shape index (κ1) is 13.6. The molecule has 0 fully saturated rings. The Kier molecular flexibility index (Phi) is 3.93. The maximum atomic E-state index is 13.0. The van der Waals surface area contributed by atoms with Gasteiger partial charge in [-0.2, -0.15) is 0 Å². The number of nitrogen functional groups attached to an aromatic ring is 1. The zero-order chi connectivity index (χ0) is 14.0. The van der Waals surface area contributed by atoms with Crippen molar-refractivity contribution in [1.82, 2.24) is 0 Å². The zero-order valence-electron chi connectivity index (χ0n) is 9.58. The van der Waals surface area contributed by atoms with E-state index in [2.05, 4.69) is 5.32 Å².